The normalized spacial score (nSPS) is 15.9. The molecule has 0 saturated heterocycles. The second-order valence-corrected chi connectivity index (χ2v) is 6.10. The number of ether oxygens (including phenoxy) is 2. The van der Waals surface area contributed by atoms with Gasteiger partial charge in [-0.05, 0) is 36.4 Å². The van der Waals surface area contributed by atoms with Gasteiger partial charge in [0.1, 0.15) is 17.2 Å². The van der Waals surface area contributed by atoms with Crippen molar-refractivity contribution in [3.05, 3.63) is 58.1 Å². The smallest absolute Gasteiger partial charge is 0.430 e. The maximum absolute atomic E-state index is 13.1. The number of carboxylic acid groups (broad SMARTS) is 2. The van der Waals surface area contributed by atoms with Crippen LogP contribution in [0.3, 0.4) is 0 Å². The van der Waals surface area contributed by atoms with Crippen LogP contribution in [0, 0.1) is 0 Å². The van der Waals surface area contributed by atoms with Crippen molar-refractivity contribution in [1.29, 1.82) is 0 Å². The Balaban J connectivity index is 1.96. The molecule has 2 aromatic rings. The molecular formula is C18H10ClF3O6. The molecule has 0 fully saturated rings. The van der Waals surface area contributed by atoms with Gasteiger partial charge in [0.15, 0.2) is 0 Å². The molecule has 2 aromatic carbocycles. The maximum atomic E-state index is 13.1. The minimum absolute atomic E-state index is 0.00360. The van der Waals surface area contributed by atoms with Gasteiger partial charge >= 0.3 is 18.1 Å². The van der Waals surface area contributed by atoms with E-state index in [1.54, 1.807) is 0 Å². The van der Waals surface area contributed by atoms with E-state index in [4.69, 9.17) is 31.3 Å². The Bertz CT molecular complexity index is 982. The third kappa shape index (κ3) is 3.89. The van der Waals surface area contributed by atoms with E-state index >= 15 is 0 Å². The van der Waals surface area contributed by atoms with Crippen LogP contribution in [0.5, 0.6) is 17.2 Å². The summed E-state index contributed by atoms with van der Waals surface area (Å²) in [6, 6.07) is 7.58. The summed E-state index contributed by atoms with van der Waals surface area (Å²) in [5, 5.41) is 17.9. The molecule has 0 spiro atoms. The zero-order valence-corrected chi connectivity index (χ0v) is 14.4. The number of halogens is 4. The highest BCUT2D eigenvalue weighted by molar-refractivity contribution is 6.32. The molecule has 6 nitrogen and oxygen atoms in total. The Morgan fingerprint density at radius 2 is 1.71 bits per heavy atom. The molecule has 1 atom stereocenters. The summed E-state index contributed by atoms with van der Waals surface area (Å²) in [5.74, 6) is -3.00. The summed E-state index contributed by atoms with van der Waals surface area (Å²) < 4.78 is 49.8. The van der Waals surface area contributed by atoms with Crippen molar-refractivity contribution in [3.63, 3.8) is 0 Å². The lowest BCUT2D eigenvalue weighted by Gasteiger charge is -2.27. The van der Waals surface area contributed by atoms with E-state index in [1.807, 2.05) is 0 Å². The summed E-state index contributed by atoms with van der Waals surface area (Å²) in [5.41, 5.74) is -0.892. The van der Waals surface area contributed by atoms with Crippen molar-refractivity contribution in [3.8, 4) is 17.2 Å². The largest absolute Gasteiger partial charge is 0.478 e. The van der Waals surface area contributed by atoms with Gasteiger partial charge in [-0.2, -0.15) is 13.2 Å². The molecule has 1 aliphatic heterocycles. The van der Waals surface area contributed by atoms with Crippen molar-refractivity contribution < 1.29 is 42.4 Å². The quantitative estimate of drug-likeness (QED) is 0.758. The van der Waals surface area contributed by atoms with Gasteiger partial charge in [0.2, 0.25) is 6.10 Å². The molecule has 0 saturated carbocycles. The summed E-state index contributed by atoms with van der Waals surface area (Å²) in [7, 11) is 0. The molecule has 28 heavy (non-hydrogen) atoms. The second-order valence-electron chi connectivity index (χ2n) is 5.70. The first-order valence-corrected chi connectivity index (χ1v) is 7.97. The standard InChI is InChI=1S/C18H10ClF3O6/c19-12-6-9-5-11(17(25)26)15(18(20,21)22)28-13(9)7-14(12)27-10-3-1-8(2-4-10)16(23)24/h1-7,15H,(H,23,24)(H,25,26). The lowest BCUT2D eigenvalue weighted by Crippen LogP contribution is -2.40. The van der Waals surface area contributed by atoms with Gasteiger partial charge in [-0.15, -0.1) is 0 Å². The molecule has 10 heteroatoms. The Kier molecular flexibility index (Phi) is 4.95. The van der Waals surface area contributed by atoms with E-state index in [0.717, 1.165) is 12.1 Å². The number of carboxylic acids is 2. The minimum atomic E-state index is -4.94. The van der Waals surface area contributed by atoms with Crippen molar-refractivity contribution >= 4 is 29.6 Å². The van der Waals surface area contributed by atoms with Gasteiger partial charge in [-0.3, -0.25) is 0 Å². The minimum Gasteiger partial charge on any atom is -0.478 e. The van der Waals surface area contributed by atoms with Gasteiger partial charge in [-0.25, -0.2) is 9.59 Å². The number of hydrogen-bond donors (Lipinski definition) is 2. The molecule has 0 aromatic heterocycles. The Hall–Kier alpha value is -3.20. The third-order valence-corrected chi connectivity index (χ3v) is 4.07. The van der Waals surface area contributed by atoms with Crippen LogP contribution < -0.4 is 9.47 Å². The Labute approximate surface area is 160 Å². The van der Waals surface area contributed by atoms with Gasteiger partial charge in [0.25, 0.3) is 0 Å². The van der Waals surface area contributed by atoms with Crippen LogP contribution in [-0.4, -0.2) is 34.4 Å². The zero-order valence-electron chi connectivity index (χ0n) is 13.7. The summed E-state index contributed by atoms with van der Waals surface area (Å²) in [4.78, 5) is 22.0. The van der Waals surface area contributed by atoms with E-state index in [-0.39, 0.29) is 33.4 Å². The Morgan fingerprint density at radius 3 is 2.25 bits per heavy atom. The number of benzene rings is 2. The van der Waals surface area contributed by atoms with Crippen LogP contribution in [0.4, 0.5) is 13.2 Å². The van der Waals surface area contributed by atoms with Gasteiger partial charge in [-0.1, -0.05) is 11.6 Å². The lowest BCUT2D eigenvalue weighted by molar-refractivity contribution is -0.187. The molecule has 1 heterocycles. The molecule has 0 aliphatic carbocycles. The van der Waals surface area contributed by atoms with Crippen LogP contribution in [0.15, 0.2) is 42.0 Å². The number of carbonyl (C=O) groups is 2. The number of alkyl halides is 3. The van der Waals surface area contributed by atoms with E-state index < -0.39 is 29.8 Å². The fourth-order valence-corrected chi connectivity index (χ4v) is 2.70. The highest BCUT2D eigenvalue weighted by Crippen LogP contribution is 2.42. The average Bonchev–Trinajstić information content (AvgIpc) is 2.61. The fraction of sp³-hybridized carbons (Fsp3) is 0.111. The molecular weight excluding hydrogens is 405 g/mol. The zero-order chi connectivity index (χ0) is 20.6. The SMILES string of the molecule is O=C(O)C1=Cc2cc(Cl)c(Oc3ccc(C(=O)O)cc3)cc2OC1C(F)(F)F. The summed E-state index contributed by atoms with van der Waals surface area (Å²) in [6.07, 6.45) is -6.73. The monoisotopic (exact) mass is 414 g/mol. The fourth-order valence-electron chi connectivity index (χ4n) is 2.49. The molecule has 2 N–H and O–H groups in total. The van der Waals surface area contributed by atoms with Crippen LogP contribution in [0.1, 0.15) is 15.9 Å². The molecule has 0 radical (unpaired) electrons. The predicted octanol–water partition coefficient (Wildman–Crippen LogP) is 4.62. The van der Waals surface area contributed by atoms with Gasteiger partial charge in [0.05, 0.1) is 16.2 Å². The third-order valence-electron chi connectivity index (χ3n) is 3.78. The first-order valence-electron chi connectivity index (χ1n) is 7.59. The number of fused-ring (bicyclic) bond motifs is 1. The van der Waals surface area contributed by atoms with E-state index in [2.05, 4.69) is 0 Å². The van der Waals surface area contributed by atoms with Crippen LogP contribution in [0.25, 0.3) is 6.08 Å². The van der Waals surface area contributed by atoms with E-state index in [0.29, 0.717) is 0 Å². The van der Waals surface area contributed by atoms with Gasteiger partial charge < -0.3 is 19.7 Å². The van der Waals surface area contributed by atoms with Crippen LogP contribution in [-0.2, 0) is 4.79 Å². The van der Waals surface area contributed by atoms with E-state index in [9.17, 15) is 22.8 Å². The first kappa shape index (κ1) is 19.6. The number of rotatable bonds is 4. The van der Waals surface area contributed by atoms with Gasteiger partial charge in [0, 0.05) is 11.6 Å². The average molecular weight is 415 g/mol. The number of hydrogen-bond acceptors (Lipinski definition) is 4. The topological polar surface area (TPSA) is 93.1 Å². The summed E-state index contributed by atoms with van der Waals surface area (Å²) in [6.45, 7) is 0. The molecule has 0 bridgehead atoms. The van der Waals surface area contributed by atoms with Crippen molar-refractivity contribution in [1.82, 2.24) is 0 Å². The van der Waals surface area contributed by atoms with Crippen molar-refractivity contribution in [2.75, 3.05) is 0 Å². The highest BCUT2D eigenvalue weighted by Gasteiger charge is 2.48. The number of aliphatic carboxylic acids is 1. The predicted molar refractivity (Wildman–Crippen MR) is 91.0 cm³/mol. The lowest BCUT2D eigenvalue weighted by atomic mass is 10.0. The molecule has 3 rings (SSSR count). The molecule has 146 valence electrons. The first-order chi connectivity index (χ1) is 13.1. The number of aromatic carboxylic acids is 1. The second kappa shape index (κ2) is 7.08. The molecule has 0 amide bonds. The van der Waals surface area contributed by atoms with Crippen LogP contribution in [0.2, 0.25) is 5.02 Å². The Morgan fingerprint density at radius 1 is 1.07 bits per heavy atom. The van der Waals surface area contributed by atoms with Crippen molar-refractivity contribution in [2.45, 2.75) is 12.3 Å². The molecule has 1 unspecified atom stereocenters. The van der Waals surface area contributed by atoms with E-state index in [1.165, 1.54) is 30.3 Å². The summed E-state index contributed by atoms with van der Waals surface area (Å²) >= 11 is 6.07. The molecule has 1 aliphatic rings. The van der Waals surface area contributed by atoms with Crippen molar-refractivity contribution in [2.24, 2.45) is 0 Å². The highest BCUT2D eigenvalue weighted by atomic mass is 35.5. The maximum Gasteiger partial charge on any atom is 0.430 e. The van der Waals surface area contributed by atoms with Crippen LogP contribution >= 0.6 is 11.6 Å².